The van der Waals surface area contributed by atoms with Crippen molar-refractivity contribution < 1.29 is 4.79 Å². The molecule has 3 rings (SSSR count). The third kappa shape index (κ3) is 1.35. The Labute approximate surface area is 95.2 Å². The van der Waals surface area contributed by atoms with Crippen LogP contribution in [0.5, 0.6) is 0 Å². The second-order valence-electron chi connectivity index (χ2n) is 4.68. The molecule has 2 aliphatic rings. The summed E-state index contributed by atoms with van der Waals surface area (Å²) in [5, 5.41) is 7.42. The number of benzene rings is 1. The van der Waals surface area contributed by atoms with Gasteiger partial charge in [0.15, 0.2) is 0 Å². The van der Waals surface area contributed by atoms with E-state index in [9.17, 15) is 4.79 Å². The minimum Gasteiger partial charge on any atom is -0.351 e. The average Bonchev–Trinajstić information content (AvgIpc) is 2.36. The van der Waals surface area contributed by atoms with Crippen molar-refractivity contribution in [2.24, 2.45) is 0 Å². The summed E-state index contributed by atoms with van der Waals surface area (Å²) in [6, 6.07) is 8.01. The Morgan fingerprint density at radius 1 is 1.19 bits per heavy atom. The highest BCUT2D eigenvalue weighted by Crippen LogP contribution is 2.37. The molecule has 1 radical (unpaired) electrons. The lowest BCUT2D eigenvalue weighted by Crippen LogP contribution is -2.50. The average molecular weight is 215 g/mol. The van der Waals surface area contributed by atoms with Crippen molar-refractivity contribution in [2.45, 2.75) is 18.3 Å². The molecule has 83 valence electrons. The molecule has 0 aromatic heterocycles. The summed E-state index contributed by atoms with van der Waals surface area (Å²) < 4.78 is 0. The number of amides is 1. The number of hydrogen-bond acceptors (Lipinski definition) is 1. The van der Waals surface area contributed by atoms with Crippen molar-refractivity contribution in [3.63, 3.8) is 0 Å². The lowest BCUT2D eigenvalue weighted by atomic mass is 9.69. The number of carbonyl (C=O) groups excluding carboxylic acids is 1. The van der Waals surface area contributed by atoms with Crippen LogP contribution in [0.2, 0.25) is 0 Å². The van der Waals surface area contributed by atoms with Crippen molar-refractivity contribution in [3.05, 3.63) is 35.4 Å². The van der Waals surface area contributed by atoms with Gasteiger partial charge in [-0.2, -0.15) is 0 Å². The number of carbonyl (C=O) groups is 1. The molecule has 0 atom stereocenters. The van der Waals surface area contributed by atoms with Crippen molar-refractivity contribution >= 4 is 5.91 Å². The molecule has 1 fully saturated rings. The summed E-state index contributed by atoms with van der Waals surface area (Å²) in [4.78, 5) is 11.8. The summed E-state index contributed by atoms with van der Waals surface area (Å²) in [5.41, 5.74) is 2.23. The second kappa shape index (κ2) is 3.59. The van der Waals surface area contributed by atoms with E-state index in [1.54, 1.807) is 0 Å². The van der Waals surface area contributed by atoms with Gasteiger partial charge in [0, 0.05) is 30.6 Å². The third-order valence-corrected chi connectivity index (χ3v) is 3.83. The van der Waals surface area contributed by atoms with Crippen LogP contribution >= 0.6 is 0 Å². The number of fused-ring (bicyclic) bond motifs is 2. The summed E-state index contributed by atoms with van der Waals surface area (Å²) in [6.07, 6.45) is 2.12. The van der Waals surface area contributed by atoms with E-state index >= 15 is 0 Å². The van der Waals surface area contributed by atoms with Crippen molar-refractivity contribution in [1.29, 1.82) is 0 Å². The zero-order valence-electron chi connectivity index (χ0n) is 9.20. The first kappa shape index (κ1) is 9.85. The Bertz CT molecular complexity index is 422. The largest absolute Gasteiger partial charge is 0.351 e. The van der Waals surface area contributed by atoms with E-state index in [-0.39, 0.29) is 11.3 Å². The van der Waals surface area contributed by atoms with Crippen molar-refractivity contribution in [1.82, 2.24) is 10.6 Å². The van der Waals surface area contributed by atoms with Gasteiger partial charge in [-0.3, -0.25) is 4.79 Å². The Hall–Kier alpha value is -1.35. The molecule has 2 heterocycles. The molecule has 16 heavy (non-hydrogen) atoms. The minimum atomic E-state index is 0.0729. The van der Waals surface area contributed by atoms with Gasteiger partial charge in [-0.15, -0.1) is 0 Å². The molecule has 1 N–H and O–H groups in total. The van der Waals surface area contributed by atoms with E-state index in [2.05, 4.69) is 16.7 Å². The first-order valence-electron chi connectivity index (χ1n) is 5.83. The van der Waals surface area contributed by atoms with Crippen LogP contribution in [0.25, 0.3) is 0 Å². The maximum atomic E-state index is 11.8. The highest BCUT2D eigenvalue weighted by atomic mass is 16.1. The van der Waals surface area contributed by atoms with Gasteiger partial charge in [0.1, 0.15) is 0 Å². The molecule has 2 aliphatic heterocycles. The van der Waals surface area contributed by atoms with Crippen LogP contribution in [0.1, 0.15) is 28.8 Å². The van der Waals surface area contributed by atoms with Crippen LogP contribution < -0.4 is 10.6 Å². The minimum absolute atomic E-state index is 0.0729. The van der Waals surface area contributed by atoms with Gasteiger partial charge in [-0.25, -0.2) is 5.32 Å². The molecule has 3 nitrogen and oxygen atoms in total. The van der Waals surface area contributed by atoms with E-state index < -0.39 is 0 Å². The molecule has 1 aromatic carbocycles. The van der Waals surface area contributed by atoms with E-state index in [1.165, 1.54) is 5.56 Å². The lowest BCUT2D eigenvalue weighted by Gasteiger charge is -2.41. The van der Waals surface area contributed by atoms with Crippen LogP contribution in [-0.2, 0) is 5.41 Å². The molecule has 1 amide bonds. The fourth-order valence-electron chi connectivity index (χ4n) is 2.85. The van der Waals surface area contributed by atoms with Crippen LogP contribution in [-0.4, -0.2) is 25.5 Å². The Morgan fingerprint density at radius 2 is 1.94 bits per heavy atom. The van der Waals surface area contributed by atoms with Gasteiger partial charge >= 0.3 is 0 Å². The first-order valence-corrected chi connectivity index (χ1v) is 5.83. The fourth-order valence-corrected chi connectivity index (χ4v) is 2.85. The maximum absolute atomic E-state index is 11.8. The van der Waals surface area contributed by atoms with Gasteiger partial charge in [0.25, 0.3) is 5.91 Å². The monoisotopic (exact) mass is 215 g/mol. The van der Waals surface area contributed by atoms with E-state index in [1.807, 2.05) is 18.2 Å². The zero-order chi connectivity index (χ0) is 11.0. The summed E-state index contributed by atoms with van der Waals surface area (Å²) in [5.74, 6) is 0.0729. The van der Waals surface area contributed by atoms with Crippen LogP contribution in [0.4, 0.5) is 0 Å². The number of rotatable bonds is 0. The standard InChI is InChI=1S/C13H15N2O/c16-12-10-3-1-2-4-11(10)13(9-15-12)5-7-14-8-6-13/h1-4H,5-9H2,(H,15,16). The van der Waals surface area contributed by atoms with E-state index in [0.29, 0.717) is 0 Å². The molecule has 0 aliphatic carbocycles. The molecule has 3 heteroatoms. The van der Waals surface area contributed by atoms with Crippen LogP contribution in [0, 0.1) is 0 Å². The van der Waals surface area contributed by atoms with Gasteiger partial charge in [-0.1, -0.05) is 18.2 Å². The van der Waals surface area contributed by atoms with E-state index in [4.69, 9.17) is 0 Å². The van der Waals surface area contributed by atoms with Crippen LogP contribution in [0.15, 0.2) is 24.3 Å². The maximum Gasteiger partial charge on any atom is 0.251 e. The molecule has 1 aromatic rings. The topological polar surface area (TPSA) is 43.2 Å². The quantitative estimate of drug-likeness (QED) is 0.691. The zero-order valence-corrected chi connectivity index (χ0v) is 9.20. The Morgan fingerprint density at radius 3 is 2.75 bits per heavy atom. The second-order valence-corrected chi connectivity index (χ2v) is 4.68. The van der Waals surface area contributed by atoms with Gasteiger partial charge in [0.2, 0.25) is 0 Å². The van der Waals surface area contributed by atoms with Crippen molar-refractivity contribution in [3.8, 4) is 0 Å². The Kier molecular flexibility index (Phi) is 2.21. The highest BCUT2D eigenvalue weighted by molar-refractivity contribution is 5.97. The fraction of sp³-hybridized carbons (Fsp3) is 0.462. The number of nitrogens with zero attached hydrogens (tertiary/aromatic N) is 1. The SMILES string of the molecule is O=C1NCC2(CC[N]CC2)c2ccccc21. The molecule has 1 saturated heterocycles. The Balaban J connectivity index is 2.09. The smallest absolute Gasteiger partial charge is 0.251 e. The van der Waals surface area contributed by atoms with E-state index in [0.717, 1.165) is 38.0 Å². The van der Waals surface area contributed by atoms with Gasteiger partial charge in [-0.05, 0) is 24.5 Å². The summed E-state index contributed by atoms with van der Waals surface area (Å²) in [7, 11) is 0. The van der Waals surface area contributed by atoms with Gasteiger partial charge in [0.05, 0.1) is 0 Å². The summed E-state index contributed by atoms with van der Waals surface area (Å²) in [6.45, 7) is 2.62. The predicted octanol–water partition coefficient (Wildman–Crippen LogP) is 1.07. The lowest BCUT2D eigenvalue weighted by molar-refractivity contribution is 0.0914. The molecule has 1 spiro atoms. The predicted molar refractivity (Wildman–Crippen MR) is 61.6 cm³/mol. The molecule has 0 bridgehead atoms. The molecular weight excluding hydrogens is 200 g/mol. The third-order valence-electron chi connectivity index (χ3n) is 3.83. The highest BCUT2D eigenvalue weighted by Gasteiger charge is 2.40. The molecule has 0 saturated carbocycles. The first-order chi connectivity index (χ1) is 7.82. The number of nitrogens with one attached hydrogen (secondary N) is 1. The van der Waals surface area contributed by atoms with Crippen molar-refractivity contribution in [2.75, 3.05) is 19.6 Å². The molecule has 0 unspecified atom stereocenters. The number of hydrogen-bond donors (Lipinski definition) is 1. The van der Waals surface area contributed by atoms with Gasteiger partial charge < -0.3 is 5.32 Å². The number of piperidine rings is 1. The normalized spacial score (nSPS) is 22.6. The molecular formula is C13H15N2O. The van der Waals surface area contributed by atoms with Crippen LogP contribution in [0.3, 0.4) is 0 Å². The summed E-state index contributed by atoms with van der Waals surface area (Å²) >= 11 is 0.